The van der Waals surface area contributed by atoms with E-state index >= 15 is 0 Å². The van der Waals surface area contributed by atoms with Crippen molar-refractivity contribution in [2.75, 3.05) is 26.3 Å². The molecule has 4 nitrogen and oxygen atoms in total. The third kappa shape index (κ3) is 2.37. The second-order valence-electron chi connectivity index (χ2n) is 7.25. The molecule has 0 unspecified atom stereocenters. The number of hydrogen-bond donors (Lipinski definition) is 1. The van der Waals surface area contributed by atoms with Crippen LogP contribution in [0.5, 0.6) is 0 Å². The molecule has 2 aliphatic heterocycles. The highest BCUT2D eigenvalue weighted by Gasteiger charge is 2.59. The summed E-state index contributed by atoms with van der Waals surface area (Å²) in [6, 6.07) is 1.10. The molecule has 4 fully saturated rings. The molecule has 4 aliphatic rings. The maximum Gasteiger partial charge on any atom is 0.226 e. The summed E-state index contributed by atoms with van der Waals surface area (Å²) < 4.78 is 5.47. The van der Waals surface area contributed by atoms with Gasteiger partial charge in [0, 0.05) is 37.8 Å². The number of carbonyl (C=O) groups excluding carboxylic acids is 1. The van der Waals surface area contributed by atoms with E-state index in [0.717, 1.165) is 45.6 Å². The van der Waals surface area contributed by atoms with Gasteiger partial charge in [-0.1, -0.05) is 0 Å². The minimum atomic E-state index is 0.313. The molecule has 0 aromatic carbocycles. The average Bonchev–Trinajstić information content (AvgIpc) is 3.37. The zero-order chi connectivity index (χ0) is 13.6. The fourth-order valence-corrected chi connectivity index (χ4v) is 4.18. The Bertz CT molecular complexity index is 382. The van der Waals surface area contributed by atoms with E-state index in [4.69, 9.17) is 4.74 Å². The SMILES string of the molecule is O=C([C@@H]1CC12CCOCC2)N(C[C@@H]1CCCN1)C1CC1. The highest BCUT2D eigenvalue weighted by Crippen LogP contribution is 2.60. The van der Waals surface area contributed by atoms with E-state index in [2.05, 4.69) is 10.2 Å². The molecule has 4 rings (SSSR count). The molecule has 2 aliphatic carbocycles. The van der Waals surface area contributed by atoms with Crippen molar-refractivity contribution in [3.8, 4) is 0 Å². The zero-order valence-electron chi connectivity index (χ0n) is 12.3. The molecule has 20 heavy (non-hydrogen) atoms. The average molecular weight is 278 g/mol. The summed E-state index contributed by atoms with van der Waals surface area (Å²) >= 11 is 0. The van der Waals surface area contributed by atoms with Gasteiger partial charge in [0.1, 0.15) is 0 Å². The van der Waals surface area contributed by atoms with Gasteiger partial charge in [-0.3, -0.25) is 4.79 Å². The summed E-state index contributed by atoms with van der Waals surface area (Å²) in [6.07, 6.45) is 8.27. The van der Waals surface area contributed by atoms with E-state index in [9.17, 15) is 4.79 Å². The van der Waals surface area contributed by atoms with Crippen LogP contribution >= 0.6 is 0 Å². The maximum atomic E-state index is 12.9. The maximum absolute atomic E-state index is 12.9. The van der Waals surface area contributed by atoms with Gasteiger partial charge in [0.05, 0.1) is 0 Å². The molecule has 1 N–H and O–H groups in total. The Labute approximate surface area is 121 Å². The molecular formula is C16H26N2O2. The molecule has 112 valence electrons. The lowest BCUT2D eigenvalue weighted by Gasteiger charge is -2.28. The van der Waals surface area contributed by atoms with Gasteiger partial charge >= 0.3 is 0 Å². The third-order valence-electron chi connectivity index (χ3n) is 5.83. The van der Waals surface area contributed by atoms with Crippen LogP contribution in [0.15, 0.2) is 0 Å². The van der Waals surface area contributed by atoms with Gasteiger partial charge in [-0.25, -0.2) is 0 Å². The van der Waals surface area contributed by atoms with Crippen molar-refractivity contribution in [2.24, 2.45) is 11.3 Å². The van der Waals surface area contributed by atoms with Gasteiger partial charge in [0.25, 0.3) is 0 Å². The second kappa shape index (κ2) is 4.99. The number of rotatable bonds is 4. The summed E-state index contributed by atoms with van der Waals surface area (Å²) in [6.45, 7) is 3.80. The normalized spacial score (nSPS) is 35.2. The van der Waals surface area contributed by atoms with E-state index in [-0.39, 0.29) is 0 Å². The molecule has 2 atom stereocenters. The molecule has 2 saturated carbocycles. The summed E-state index contributed by atoms with van der Waals surface area (Å²) in [5.74, 6) is 0.775. The first kappa shape index (κ1) is 13.1. The fraction of sp³-hybridized carbons (Fsp3) is 0.938. The van der Waals surface area contributed by atoms with E-state index < -0.39 is 0 Å². The summed E-state index contributed by atoms with van der Waals surface area (Å²) in [7, 11) is 0. The Morgan fingerprint density at radius 2 is 2.05 bits per heavy atom. The Kier molecular flexibility index (Phi) is 3.26. The molecule has 0 aromatic heterocycles. The minimum absolute atomic E-state index is 0.313. The summed E-state index contributed by atoms with van der Waals surface area (Å²) in [4.78, 5) is 15.1. The van der Waals surface area contributed by atoms with Crippen LogP contribution in [0.2, 0.25) is 0 Å². The first-order valence-electron chi connectivity index (χ1n) is 8.40. The van der Waals surface area contributed by atoms with Gasteiger partial charge in [-0.05, 0) is 56.9 Å². The quantitative estimate of drug-likeness (QED) is 0.848. The van der Waals surface area contributed by atoms with Gasteiger partial charge < -0.3 is 15.0 Å². The first-order valence-corrected chi connectivity index (χ1v) is 8.40. The highest BCUT2D eigenvalue weighted by atomic mass is 16.5. The number of carbonyl (C=O) groups is 1. The smallest absolute Gasteiger partial charge is 0.226 e. The lowest BCUT2D eigenvalue weighted by Crippen LogP contribution is -2.44. The predicted molar refractivity (Wildman–Crippen MR) is 76.4 cm³/mol. The second-order valence-corrected chi connectivity index (χ2v) is 7.25. The predicted octanol–water partition coefficient (Wildman–Crippen LogP) is 1.55. The minimum Gasteiger partial charge on any atom is -0.381 e. The van der Waals surface area contributed by atoms with Crippen LogP contribution in [0.25, 0.3) is 0 Å². The van der Waals surface area contributed by atoms with Crippen LogP contribution in [-0.4, -0.2) is 49.2 Å². The molecule has 1 amide bonds. The number of nitrogens with one attached hydrogen (secondary N) is 1. The lowest BCUT2D eigenvalue weighted by atomic mass is 9.93. The van der Waals surface area contributed by atoms with Crippen LogP contribution in [-0.2, 0) is 9.53 Å². The number of ether oxygens (including phenoxy) is 1. The topological polar surface area (TPSA) is 41.6 Å². The summed E-state index contributed by atoms with van der Waals surface area (Å²) in [5.41, 5.74) is 0.325. The lowest BCUT2D eigenvalue weighted by molar-refractivity contribution is -0.135. The van der Waals surface area contributed by atoms with Gasteiger partial charge in [0.15, 0.2) is 0 Å². The van der Waals surface area contributed by atoms with Crippen molar-refractivity contribution >= 4 is 5.91 Å². The Hall–Kier alpha value is -0.610. The van der Waals surface area contributed by atoms with Crippen molar-refractivity contribution in [2.45, 2.75) is 57.0 Å². The third-order valence-corrected chi connectivity index (χ3v) is 5.83. The van der Waals surface area contributed by atoms with Gasteiger partial charge in [0.2, 0.25) is 5.91 Å². The molecule has 0 radical (unpaired) electrons. The standard InChI is InChI=1S/C16H26N2O2/c19-15(14-10-16(14)5-8-20-9-6-16)18(13-3-4-13)11-12-2-1-7-17-12/h12-14,17H,1-11H2/t12-,14-/m0/s1. The van der Waals surface area contributed by atoms with E-state index in [1.807, 2.05) is 0 Å². The molecule has 0 aromatic rings. The molecule has 4 heteroatoms. The number of nitrogens with zero attached hydrogens (tertiary/aromatic N) is 1. The van der Waals surface area contributed by atoms with E-state index in [1.165, 1.54) is 25.7 Å². The van der Waals surface area contributed by atoms with E-state index in [0.29, 0.717) is 29.3 Å². The van der Waals surface area contributed by atoms with Crippen molar-refractivity contribution < 1.29 is 9.53 Å². The van der Waals surface area contributed by atoms with Crippen molar-refractivity contribution in [3.05, 3.63) is 0 Å². The van der Waals surface area contributed by atoms with Crippen molar-refractivity contribution in [1.29, 1.82) is 0 Å². The fourth-order valence-electron chi connectivity index (χ4n) is 4.18. The van der Waals surface area contributed by atoms with Crippen LogP contribution in [0.1, 0.15) is 44.9 Å². The van der Waals surface area contributed by atoms with E-state index in [1.54, 1.807) is 0 Å². The Balaban J connectivity index is 1.40. The monoisotopic (exact) mass is 278 g/mol. The number of hydrogen-bond acceptors (Lipinski definition) is 3. The summed E-state index contributed by atoms with van der Waals surface area (Å²) in [5, 5.41) is 3.54. The zero-order valence-corrected chi connectivity index (χ0v) is 12.3. The largest absolute Gasteiger partial charge is 0.381 e. The molecule has 2 heterocycles. The van der Waals surface area contributed by atoms with Crippen LogP contribution in [0.3, 0.4) is 0 Å². The first-order chi connectivity index (χ1) is 9.78. The number of amides is 1. The van der Waals surface area contributed by atoms with Crippen molar-refractivity contribution in [3.63, 3.8) is 0 Å². The van der Waals surface area contributed by atoms with Crippen LogP contribution in [0.4, 0.5) is 0 Å². The van der Waals surface area contributed by atoms with Crippen LogP contribution in [0, 0.1) is 11.3 Å². The molecule has 0 bridgehead atoms. The molecular weight excluding hydrogens is 252 g/mol. The van der Waals surface area contributed by atoms with Gasteiger partial charge in [-0.2, -0.15) is 0 Å². The van der Waals surface area contributed by atoms with Crippen LogP contribution < -0.4 is 5.32 Å². The molecule has 2 saturated heterocycles. The highest BCUT2D eigenvalue weighted by molar-refractivity contribution is 5.83. The Morgan fingerprint density at radius 1 is 1.25 bits per heavy atom. The van der Waals surface area contributed by atoms with Crippen molar-refractivity contribution in [1.82, 2.24) is 10.2 Å². The Morgan fingerprint density at radius 3 is 2.70 bits per heavy atom. The van der Waals surface area contributed by atoms with Gasteiger partial charge in [-0.15, -0.1) is 0 Å². The molecule has 1 spiro atoms.